The molecule has 0 aliphatic rings. The van der Waals surface area contributed by atoms with Crippen LogP contribution in [0.25, 0.3) is 0 Å². The van der Waals surface area contributed by atoms with Gasteiger partial charge in [0.2, 0.25) is 0 Å². The maximum absolute atomic E-state index is 13.7. The van der Waals surface area contributed by atoms with Crippen molar-refractivity contribution in [3.05, 3.63) is 35.1 Å². The summed E-state index contributed by atoms with van der Waals surface area (Å²) >= 11 is 0. The number of carbonyl (C=O) groups excluding carboxylic acids is 1. The fraction of sp³-hybridized carbons (Fsp3) is 0.357. The van der Waals surface area contributed by atoms with Gasteiger partial charge in [-0.15, -0.1) is 0 Å². The predicted octanol–water partition coefficient (Wildman–Crippen LogP) is 0.869. The van der Waals surface area contributed by atoms with Crippen LogP contribution in [0.5, 0.6) is 0 Å². The SMILES string of the molecule is O=C(c1cc(C#CCO)ccc1F)N(CCO)CC(F)F. The first kappa shape index (κ1) is 17.0. The molecule has 0 aromatic heterocycles. The van der Waals surface area contributed by atoms with Crippen molar-refractivity contribution in [3.63, 3.8) is 0 Å². The number of amides is 1. The van der Waals surface area contributed by atoms with Crippen LogP contribution in [0.4, 0.5) is 13.2 Å². The number of rotatable bonds is 5. The number of alkyl halides is 2. The van der Waals surface area contributed by atoms with Crippen LogP contribution >= 0.6 is 0 Å². The van der Waals surface area contributed by atoms with Gasteiger partial charge in [0.1, 0.15) is 12.4 Å². The summed E-state index contributed by atoms with van der Waals surface area (Å²) in [6, 6.07) is 3.42. The zero-order valence-corrected chi connectivity index (χ0v) is 11.0. The van der Waals surface area contributed by atoms with E-state index in [1.54, 1.807) is 0 Å². The normalized spacial score (nSPS) is 10.2. The standard InChI is InChI=1S/C14H14F3NO3/c15-12-4-3-10(2-1-6-19)8-11(12)14(21)18(5-7-20)9-13(16)17/h3-4,8,13,19-20H,5-7,9H2. The van der Waals surface area contributed by atoms with Gasteiger partial charge < -0.3 is 15.1 Å². The number of carbonyl (C=O) groups is 1. The smallest absolute Gasteiger partial charge is 0.257 e. The molecule has 0 heterocycles. The Hall–Kier alpha value is -2.04. The van der Waals surface area contributed by atoms with Gasteiger partial charge in [0, 0.05) is 12.1 Å². The first-order valence-corrected chi connectivity index (χ1v) is 6.07. The van der Waals surface area contributed by atoms with Crippen LogP contribution in [-0.4, -0.2) is 53.7 Å². The third kappa shape index (κ3) is 5.10. The Morgan fingerprint density at radius 3 is 2.62 bits per heavy atom. The van der Waals surface area contributed by atoms with Crippen LogP contribution in [0.2, 0.25) is 0 Å². The molecule has 0 saturated heterocycles. The van der Waals surface area contributed by atoms with Crippen LogP contribution in [0.15, 0.2) is 18.2 Å². The van der Waals surface area contributed by atoms with Crippen molar-refractivity contribution in [2.24, 2.45) is 0 Å². The molecule has 114 valence electrons. The summed E-state index contributed by atoms with van der Waals surface area (Å²) in [5, 5.41) is 17.4. The van der Waals surface area contributed by atoms with E-state index in [4.69, 9.17) is 10.2 Å². The van der Waals surface area contributed by atoms with Crippen molar-refractivity contribution in [2.75, 3.05) is 26.3 Å². The molecular formula is C14H14F3NO3. The summed E-state index contributed by atoms with van der Waals surface area (Å²) in [6.45, 7) is -2.13. The second-order valence-electron chi connectivity index (χ2n) is 4.02. The highest BCUT2D eigenvalue weighted by molar-refractivity contribution is 5.95. The van der Waals surface area contributed by atoms with Gasteiger partial charge in [-0.2, -0.15) is 0 Å². The van der Waals surface area contributed by atoms with E-state index >= 15 is 0 Å². The Morgan fingerprint density at radius 1 is 1.33 bits per heavy atom. The zero-order valence-electron chi connectivity index (χ0n) is 11.0. The Kier molecular flexibility index (Phi) is 6.72. The Bertz CT molecular complexity index is 552. The van der Waals surface area contributed by atoms with Crippen LogP contribution in [0.1, 0.15) is 15.9 Å². The molecule has 21 heavy (non-hydrogen) atoms. The van der Waals surface area contributed by atoms with Gasteiger partial charge in [-0.25, -0.2) is 13.2 Å². The Balaban J connectivity index is 3.08. The molecule has 0 aliphatic carbocycles. The first-order chi connectivity index (χ1) is 9.99. The molecule has 4 nitrogen and oxygen atoms in total. The van der Waals surface area contributed by atoms with Gasteiger partial charge in [0.15, 0.2) is 0 Å². The van der Waals surface area contributed by atoms with E-state index in [9.17, 15) is 18.0 Å². The Labute approximate surface area is 119 Å². The summed E-state index contributed by atoms with van der Waals surface area (Å²) in [5.41, 5.74) is -0.136. The molecule has 0 atom stereocenters. The lowest BCUT2D eigenvalue weighted by Gasteiger charge is -2.21. The third-order valence-electron chi connectivity index (χ3n) is 2.52. The van der Waals surface area contributed by atoms with E-state index < -0.39 is 43.5 Å². The van der Waals surface area contributed by atoms with Crippen molar-refractivity contribution in [3.8, 4) is 11.8 Å². The van der Waals surface area contributed by atoms with Crippen molar-refractivity contribution >= 4 is 5.91 Å². The average Bonchev–Trinajstić information content (AvgIpc) is 2.45. The second kappa shape index (κ2) is 8.29. The number of benzene rings is 1. The van der Waals surface area contributed by atoms with Crippen molar-refractivity contribution in [2.45, 2.75) is 6.43 Å². The maximum Gasteiger partial charge on any atom is 0.257 e. The minimum Gasteiger partial charge on any atom is -0.395 e. The highest BCUT2D eigenvalue weighted by Gasteiger charge is 2.22. The molecule has 0 spiro atoms. The lowest BCUT2D eigenvalue weighted by molar-refractivity contribution is 0.0505. The van der Waals surface area contributed by atoms with Crippen molar-refractivity contribution in [1.82, 2.24) is 4.90 Å². The molecule has 7 heteroatoms. The van der Waals surface area contributed by atoms with E-state index in [-0.39, 0.29) is 12.1 Å². The summed E-state index contributed by atoms with van der Waals surface area (Å²) in [7, 11) is 0. The minimum absolute atomic E-state index is 0.273. The van der Waals surface area contributed by atoms with Gasteiger partial charge >= 0.3 is 0 Å². The molecule has 1 aromatic carbocycles. The highest BCUT2D eigenvalue weighted by Crippen LogP contribution is 2.14. The summed E-state index contributed by atoms with van der Waals surface area (Å²) in [5.74, 6) is 3.01. The van der Waals surface area contributed by atoms with Crippen LogP contribution in [-0.2, 0) is 0 Å². The lowest BCUT2D eigenvalue weighted by atomic mass is 10.1. The molecule has 0 radical (unpaired) electrons. The van der Waals surface area contributed by atoms with E-state index in [1.165, 1.54) is 6.07 Å². The van der Waals surface area contributed by atoms with E-state index in [0.29, 0.717) is 4.90 Å². The van der Waals surface area contributed by atoms with Gasteiger partial charge in [-0.3, -0.25) is 4.79 Å². The summed E-state index contributed by atoms with van der Waals surface area (Å²) in [6.07, 6.45) is -2.79. The van der Waals surface area contributed by atoms with E-state index in [1.807, 2.05) is 0 Å². The molecule has 0 unspecified atom stereocenters. The fourth-order valence-electron chi connectivity index (χ4n) is 1.64. The highest BCUT2D eigenvalue weighted by atomic mass is 19.3. The Morgan fingerprint density at radius 2 is 2.05 bits per heavy atom. The topological polar surface area (TPSA) is 60.8 Å². The molecule has 1 rings (SSSR count). The largest absolute Gasteiger partial charge is 0.395 e. The molecule has 1 amide bonds. The number of hydrogen-bond acceptors (Lipinski definition) is 3. The van der Waals surface area contributed by atoms with Gasteiger partial charge in [0.05, 0.1) is 18.7 Å². The first-order valence-electron chi connectivity index (χ1n) is 6.07. The number of hydrogen-bond donors (Lipinski definition) is 2. The second-order valence-corrected chi connectivity index (χ2v) is 4.02. The van der Waals surface area contributed by atoms with Crippen molar-refractivity contribution < 1.29 is 28.2 Å². The molecule has 0 saturated carbocycles. The number of nitrogens with zero attached hydrogens (tertiary/aromatic N) is 1. The maximum atomic E-state index is 13.7. The lowest BCUT2D eigenvalue weighted by Crippen LogP contribution is -2.37. The summed E-state index contributed by atoms with van der Waals surface area (Å²) in [4.78, 5) is 12.7. The molecule has 0 aliphatic heterocycles. The van der Waals surface area contributed by atoms with E-state index in [0.717, 1.165) is 12.1 Å². The zero-order chi connectivity index (χ0) is 15.8. The number of aliphatic hydroxyl groups is 2. The van der Waals surface area contributed by atoms with Crippen LogP contribution in [0, 0.1) is 17.7 Å². The average molecular weight is 301 g/mol. The van der Waals surface area contributed by atoms with Gasteiger partial charge in [0.25, 0.3) is 12.3 Å². The molecular weight excluding hydrogens is 287 g/mol. The molecule has 0 fully saturated rings. The monoisotopic (exact) mass is 301 g/mol. The van der Waals surface area contributed by atoms with Gasteiger partial charge in [-0.05, 0) is 18.2 Å². The van der Waals surface area contributed by atoms with Crippen LogP contribution in [0.3, 0.4) is 0 Å². The van der Waals surface area contributed by atoms with E-state index in [2.05, 4.69) is 11.8 Å². The number of aliphatic hydroxyl groups excluding tert-OH is 2. The molecule has 1 aromatic rings. The fourth-order valence-corrected chi connectivity index (χ4v) is 1.64. The third-order valence-corrected chi connectivity index (χ3v) is 2.52. The quantitative estimate of drug-likeness (QED) is 0.793. The molecule has 0 bridgehead atoms. The van der Waals surface area contributed by atoms with Crippen molar-refractivity contribution in [1.29, 1.82) is 0 Å². The predicted molar refractivity (Wildman–Crippen MR) is 69.4 cm³/mol. The van der Waals surface area contributed by atoms with Gasteiger partial charge in [-0.1, -0.05) is 11.8 Å². The molecule has 2 N–H and O–H groups in total. The summed E-state index contributed by atoms with van der Waals surface area (Å²) < 4.78 is 38.5. The number of halogens is 3. The minimum atomic E-state index is -2.79. The van der Waals surface area contributed by atoms with Crippen LogP contribution < -0.4 is 0 Å².